The maximum Gasteiger partial charge on any atom is 0.258 e. The Morgan fingerprint density at radius 1 is 1.06 bits per heavy atom. The van der Waals surface area contributed by atoms with Gasteiger partial charge in [0, 0.05) is 17.8 Å². The van der Waals surface area contributed by atoms with E-state index in [1.54, 1.807) is 0 Å². The monoisotopic (exact) mass is 462 g/mol. The summed E-state index contributed by atoms with van der Waals surface area (Å²) in [4.78, 5) is 6.93. The van der Waals surface area contributed by atoms with Crippen molar-refractivity contribution in [2.24, 2.45) is 0 Å². The maximum atomic E-state index is 5.81. The number of rotatable bonds is 9. The molecule has 1 aliphatic heterocycles. The molecule has 0 aliphatic carbocycles. The summed E-state index contributed by atoms with van der Waals surface area (Å²) in [6.07, 6.45) is 3.39. The van der Waals surface area contributed by atoms with Gasteiger partial charge in [0.15, 0.2) is 5.11 Å². The fourth-order valence-electron chi connectivity index (χ4n) is 4.06. The lowest BCUT2D eigenvalue weighted by molar-refractivity contribution is 0.340. The molecule has 1 unspecified atom stereocenters. The van der Waals surface area contributed by atoms with Crippen molar-refractivity contribution in [1.82, 2.24) is 20.4 Å². The highest BCUT2D eigenvalue weighted by Gasteiger charge is 2.33. The number of ether oxygens (including phenoxy) is 1. The first-order valence-corrected chi connectivity index (χ1v) is 11.9. The molecule has 0 radical (unpaired) electrons. The number of nitrogens with zero attached hydrogens (tertiary/aromatic N) is 3. The van der Waals surface area contributed by atoms with Crippen molar-refractivity contribution in [2.75, 3.05) is 13.2 Å². The molecular weight excluding hydrogens is 432 g/mol. The molecule has 2 heterocycles. The summed E-state index contributed by atoms with van der Waals surface area (Å²) in [6.45, 7) is 7.74. The molecule has 0 saturated carbocycles. The van der Waals surface area contributed by atoms with Gasteiger partial charge in [0.2, 0.25) is 5.82 Å². The van der Waals surface area contributed by atoms with E-state index < -0.39 is 0 Å². The van der Waals surface area contributed by atoms with Crippen LogP contribution < -0.4 is 10.1 Å². The molecule has 172 valence electrons. The first kappa shape index (κ1) is 23.0. The van der Waals surface area contributed by atoms with E-state index in [4.69, 9.17) is 26.5 Å². The van der Waals surface area contributed by atoms with Gasteiger partial charge >= 0.3 is 0 Å². The van der Waals surface area contributed by atoms with Crippen LogP contribution >= 0.6 is 12.2 Å². The van der Waals surface area contributed by atoms with Crippen LogP contribution in [-0.4, -0.2) is 33.3 Å². The van der Waals surface area contributed by atoms with Crippen molar-refractivity contribution < 1.29 is 9.26 Å². The zero-order valence-corrected chi connectivity index (χ0v) is 20.2. The Labute approximate surface area is 200 Å². The van der Waals surface area contributed by atoms with Gasteiger partial charge in [-0.25, -0.2) is 0 Å². The molecule has 7 heteroatoms. The molecule has 4 rings (SSSR count). The normalized spacial score (nSPS) is 16.2. The molecule has 1 N–H and O–H groups in total. The lowest BCUT2D eigenvalue weighted by Gasteiger charge is -2.37. The van der Waals surface area contributed by atoms with Crippen molar-refractivity contribution in [2.45, 2.75) is 46.1 Å². The van der Waals surface area contributed by atoms with Crippen molar-refractivity contribution in [1.29, 1.82) is 0 Å². The smallest absolute Gasteiger partial charge is 0.258 e. The van der Waals surface area contributed by atoms with Crippen LogP contribution in [0.25, 0.3) is 17.0 Å². The molecule has 1 atom stereocenters. The maximum absolute atomic E-state index is 5.81. The van der Waals surface area contributed by atoms with E-state index in [1.165, 1.54) is 0 Å². The molecular formula is C26H30N4O2S. The van der Waals surface area contributed by atoms with Gasteiger partial charge in [-0.3, -0.25) is 0 Å². The summed E-state index contributed by atoms with van der Waals surface area (Å²) < 4.78 is 11.3. The summed E-state index contributed by atoms with van der Waals surface area (Å²) in [6, 6.07) is 17.8. The predicted octanol–water partition coefficient (Wildman–Crippen LogP) is 5.99. The topological polar surface area (TPSA) is 63.4 Å². The van der Waals surface area contributed by atoms with Crippen molar-refractivity contribution in [3.05, 3.63) is 71.7 Å². The third kappa shape index (κ3) is 5.09. The summed E-state index contributed by atoms with van der Waals surface area (Å²) in [5.74, 6) is 1.87. The Bertz CT molecular complexity index is 1110. The number of hydrogen-bond acceptors (Lipinski definition) is 5. The Kier molecular flexibility index (Phi) is 7.40. The first-order chi connectivity index (χ1) is 16.1. The number of nitrogens with one attached hydrogen (secondary N) is 1. The zero-order chi connectivity index (χ0) is 23.2. The van der Waals surface area contributed by atoms with Crippen LogP contribution in [0.3, 0.4) is 0 Å². The van der Waals surface area contributed by atoms with Crippen molar-refractivity contribution in [3.63, 3.8) is 0 Å². The average Bonchev–Trinajstić information content (AvgIpc) is 3.32. The van der Waals surface area contributed by atoms with E-state index in [2.05, 4.69) is 41.4 Å². The Hall–Kier alpha value is -3.19. The molecule has 0 saturated heterocycles. The van der Waals surface area contributed by atoms with E-state index in [0.29, 0.717) is 18.3 Å². The van der Waals surface area contributed by atoms with Crippen molar-refractivity contribution in [3.8, 4) is 17.1 Å². The summed E-state index contributed by atoms with van der Waals surface area (Å²) >= 11 is 5.75. The van der Waals surface area contributed by atoms with Crippen LogP contribution in [0.2, 0.25) is 0 Å². The largest absolute Gasteiger partial charge is 0.494 e. The van der Waals surface area contributed by atoms with Gasteiger partial charge < -0.3 is 19.5 Å². The Morgan fingerprint density at radius 2 is 1.82 bits per heavy atom. The number of thiocarbonyl (C=S) groups is 1. The minimum atomic E-state index is -0.158. The third-order valence-electron chi connectivity index (χ3n) is 5.79. The molecule has 33 heavy (non-hydrogen) atoms. The summed E-state index contributed by atoms with van der Waals surface area (Å²) in [5, 5.41) is 8.52. The van der Waals surface area contributed by atoms with Gasteiger partial charge in [-0.15, -0.1) is 0 Å². The van der Waals surface area contributed by atoms with Crippen LogP contribution in [0.4, 0.5) is 0 Å². The van der Waals surface area contributed by atoms with E-state index in [9.17, 15) is 0 Å². The van der Waals surface area contributed by atoms with Crippen LogP contribution in [0.15, 0.2) is 64.8 Å². The van der Waals surface area contributed by atoms with E-state index in [1.807, 2.05) is 49.4 Å². The van der Waals surface area contributed by atoms with Crippen LogP contribution in [0.5, 0.6) is 5.75 Å². The SMILES string of the molecule is CCCCCN1C(=S)NC(c2ccccc2)C(c2nc(-c3ccc(OCC)cc3)no2)=C1C. The number of unbranched alkanes of at least 4 members (excludes halogenated alkanes) is 2. The Morgan fingerprint density at radius 3 is 2.52 bits per heavy atom. The van der Waals surface area contributed by atoms with Crippen LogP contribution in [-0.2, 0) is 0 Å². The van der Waals surface area contributed by atoms with E-state index >= 15 is 0 Å². The zero-order valence-electron chi connectivity index (χ0n) is 19.4. The molecule has 0 bridgehead atoms. The van der Waals surface area contributed by atoms with Crippen molar-refractivity contribution >= 4 is 22.9 Å². The first-order valence-electron chi connectivity index (χ1n) is 11.5. The summed E-state index contributed by atoms with van der Waals surface area (Å²) in [5.41, 5.74) is 3.98. The quantitative estimate of drug-likeness (QED) is 0.310. The van der Waals surface area contributed by atoms with Gasteiger partial charge in [-0.05, 0) is 62.3 Å². The molecule has 0 amide bonds. The second-order valence-electron chi connectivity index (χ2n) is 8.03. The molecule has 0 spiro atoms. The van der Waals surface area contributed by atoms with Gasteiger partial charge in [-0.2, -0.15) is 4.98 Å². The number of allylic oxidation sites excluding steroid dienone is 1. The second-order valence-corrected chi connectivity index (χ2v) is 8.42. The third-order valence-corrected chi connectivity index (χ3v) is 6.13. The number of benzene rings is 2. The molecule has 6 nitrogen and oxygen atoms in total. The lowest BCUT2D eigenvalue weighted by Crippen LogP contribution is -2.46. The van der Waals surface area contributed by atoms with Gasteiger partial charge in [0.25, 0.3) is 5.89 Å². The highest BCUT2D eigenvalue weighted by Crippen LogP contribution is 2.37. The van der Waals surface area contributed by atoms with Crippen LogP contribution in [0, 0.1) is 0 Å². The Balaban J connectivity index is 1.71. The number of hydrogen-bond donors (Lipinski definition) is 1. The minimum absolute atomic E-state index is 0.158. The summed E-state index contributed by atoms with van der Waals surface area (Å²) in [7, 11) is 0. The van der Waals surface area contributed by atoms with Gasteiger partial charge in [0.1, 0.15) is 5.75 Å². The molecule has 1 aliphatic rings. The predicted molar refractivity (Wildman–Crippen MR) is 135 cm³/mol. The van der Waals surface area contributed by atoms with E-state index in [0.717, 1.165) is 59.1 Å². The fourth-order valence-corrected chi connectivity index (χ4v) is 4.41. The van der Waals surface area contributed by atoms with Crippen LogP contribution in [0.1, 0.15) is 57.5 Å². The molecule has 2 aromatic carbocycles. The molecule has 0 fully saturated rings. The highest BCUT2D eigenvalue weighted by atomic mass is 32.1. The highest BCUT2D eigenvalue weighted by molar-refractivity contribution is 7.80. The lowest BCUT2D eigenvalue weighted by atomic mass is 9.94. The average molecular weight is 463 g/mol. The van der Waals surface area contributed by atoms with E-state index in [-0.39, 0.29) is 6.04 Å². The fraction of sp³-hybridized carbons (Fsp3) is 0.346. The standard InChI is InChI=1S/C26H30N4O2S/c1-4-6-10-17-30-18(3)22(23(27-26(30)33)19-11-8-7-9-12-19)25-28-24(29-32-25)20-13-15-21(16-14-20)31-5-2/h7-9,11-16,23H,4-6,10,17H2,1-3H3,(H,27,33). The minimum Gasteiger partial charge on any atom is -0.494 e. The molecule has 1 aromatic heterocycles. The number of aromatic nitrogens is 2. The second kappa shape index (κ2) is 10.6. The van der Waals surface area contributed by atoms with Gasteiger partial charge in [0.05, 0.1) is 18.2 Å². The van der Waals surface area contributed by atoms with Gasteiger partial charge in [-0.1, -0.05) is 55.3 Å². The molecule has 3 aromatic rings.